The van der Waals surface area contributed by atoms with Gasteiger partial charge in [0.1, 0.15) is 6.10 Å². The van der Waals surface area contributed by atoms with Gasteiger partial charge >= 0.3 is 5.97 Å². The van der Waals surface area contributed by atoms with E-state index in [0.29, 0.717) is 31.1 Å². The number of nitrogens with zero attached hydrogens (tertiary/aromatic N) is 2. The second-order valence-corrected chi connectivity index (χ2v) is 3.64. The van der Waals surface area contributed by atoms with Crippen molar-refractivity contribution in [3.8, 4) is 0 Å². The molecule has 0 fully saturated rings. The van der Waals surface area contributed by atoms with Crippen LogP contribution in [0.5, 0.6) is 0 Å². The van der Waals surface area contributed by atoms with Gasteiger partial charge in [-0.1, -0.05) is 0 Å². The molecule has 0 saturated heterocycles. The number of hydrogen-bond donors (Lipinski definition) is 1. The number of carbonyl (C=O) groups is 1. The largest absolute Gasteiger partial charge is 0.455 e. The lowest BCUT2D eigenvalue weighted by Gasteiger charge is -2.13. The minimum absolute atomic E-state index is 0.302. The van der Waals surface area contributed by atoms with E-state index >= 15 is 0 Å². The molecule has 2 N–H and O–H groups in total. The van der Waals surface area contributed by atoms with Gasteiger partial charge in [0, 0.05) is 13.2 Å². The molecular formula is C11H19N3O3. The number of aryl methyl sites for hydroxylation is 1. The third kappa shape index (κ3) is 3.45. The van der Waals surface area contributed by atoms with E-state index < -0.39 is 5.97 Å². The van der Waals surface area contributed by atoms with Gasteiger partial charge in [-0.05, 0) is 20.8 Å². The third-order valence-corrected chi connectivity index (χ3v) is 2.23. The second-order valence-electron chi connectivity index (χ2n) is 3.64. The van der Waals surface area contributed by atoms with Crippen LogP contribution in [-0.2, 0) is 16.0 Å². The number of nitrogen functional groups attached to an aromatic ring is 1. The topological polar surface area (TPSA) is 79.4 Å². The van der Waals surface area contributed by atoms with Gasteiger partial charge in [-0.25, -0.2) is 4.79 Å². The molecule has 1 atom stereocenters. The van der Waals surface area contributed by atoms with Gasteiger partial charge in [-0.2, -0.15) is 5.10 Å². The summed E-state index contributed by atoms with van der Waals surface area (Å²) in [5.74, 6) is -0.464. The predicted octanol–water partition coefficient (Wildman–Crippen LogP) is 1.07. The smallest absolute Gasteiger partial charge is 0.359 e. The van der Waals surface area contributed by atoms with Crippen LogP contribution in [0.2, 0.25) is 0 Å². The Kier molecular flexibility index (Phi) is 4.96. The Labute approximate surface area is 101 Å². The molecule has 1 aromatic heterocycles. The fourth-order valence-electron chi connectivity index (χ4n) is 1.42. The summed E-state index contributed by atoms with van der Waals surface area (Å²) < 4.78 is 11.9. The maximum absolute atomic E-state index is 11.9. The van der Waals surface area contributed by atoms with Crippen LogP contribution >= 0.6 is 0 Å². The van der Waals surface area contributed by atoms with Gasteiger partial charge in [0.15, 0.2) is 5.69 Å². The van der Waals surface area contributed by atoms with Gasteiger partial charge < -0.3 is 15.2 Å². The normalized spacial score (nSPS) is 12.4. The summed E-state index contributed by atoms with van der Waals surface area (Å²) in [6.45, 7) is 7.09. The number of aromatic nitrogens is 2. The number of rotatable bonds is 6. The molecule has 1 heterocycles. The van der Waals surface area contributed by atoms with E-state index in [2.05, 4.69) is 5.10 Å². The first-order valence-corrected chi connectivity index (χ1v) is 5.70. The molecule has 96 valence electrons. The monoisotopic (exact) mass is 241 g/mol. The number of nitrogens with two attached hydrogens (primary N) is 1. The summed E-state index contributed by atoms with van der Waals surface area (Å²) in [6, 6.07) is 0. The highest BCUT2D eigenvalue weighted by molar-refractivity contribution is 5.93. The zero-order valence-corrected chi connectivity index (χ0v) is 10.5. The van der Waals surface area contributed by atoms with E-state index in [1.54, 1.807) is 6.92 Å². The zero-order chi connectivity index (χ0) is 12.8. The first kappa shape index (κ1) is 13.5. The van der Waals surface area contributed by atoms with Crippen molar-refractivity contribution in [3.05, 3.63) is 11.9 Å². The molecule has 1 aromatic rings. The summed E-state index contributed by atoms with van der Waals surface area (Å²) in [5.41, 5.74) is 6.31. The van der Waals surface area contributed by atoms with E-state index in [0.717, 1.165) is 0 Å². The maximum atomic E-state index is 11.9. The Morgan fingerprint density at radius 2 is 2.29 bits per heavy atom. The molecule has 1 unspecified atom stereocenters. The number of anilines is 1. The summed E-state index contributed by atoms with van der Waals surface area (Å²) in [6.07, 6.45) is 1.15. The Balaban J connectivity index is 2.66. The first-order valence-electron chi connectivity index (χ1n) is 5.70. The fraction of sp³-hybridized carbons (Fsp3) is 0.636. The van der Waals surface area contributed by atoms with Crippen molar-refractivity contribution < 1.29 is 14.3 Å². The third-order valence-electron chi connectivity index (χ3n) is 2.23. The van der Waals surface area contributed by atoms with Crippen molar-refractivity contribution in [2.75, 3.05) is 18.9 Å². The molecule has 1 rings (SSSR count). The molecule has 0 radical (unpaired) electrons. The zero-order valence-electron chi connectivity index (χ0n) is 10.5. The molecule has 6 nitrogen and oxygen atoms in total. The van der Waals surface area contributed by atoms with Gasteiger partial charge in [0.2, 0.25) is 0 Å². The minimum atomic E-state index is -0.464. The summed E-state index contributed by atoms with van der Waals surface area (Å²) in [4.78, 5) is 11.9. The molecule has 0 aliphatic heterocycles. The highest BCUT2D eigenvalue weighted by Gasteiger charge is 2.19. The van der Waals surface area contributed by atoms with Crippen LogP contribution in [0.25, 0.3) is 0 Å². The Bertz CT molecular complexity index is 376. The van der Waals surface area contributed by atoms with Crippen molar-refractivity contribution in [2.45, 2.75) is 33.4 Å². The lowest BCUT2D eigenvalue weighted by atomic mass is 10.3. The van der Waals surface area contributed by atoms with Crippen LogP contribution in [0.3, 0.4) is 0 Å². The van der Waals surface area contributed by atoms with E-state index in [1.807, 2.05) is 13.8 Å². The number of hydrogen-bond acceptors (Lipinski definition) is 5. The van der Waals surface area contributed by atoms with E-state index in [1.165, 1.54) is 10.9 Å². The molecular weight excluding hydrogens is 222 g/mol. The van der Waals surface area contributed by atoms with Crippen molar-refractivity contribution >= 4 is 11.7 Å². The summed E-state index contributed by atoms with van der Waals surface area (Å²) in [5, 5.41) is 3.98. The van der Waals surface area contributed by atoms with Crippen LogP contribution in [0.15, 0.2) is 6.20 Å². The van der Waals surface area contributed by atoms with E-state index in [4.69, 9.17) is 15.2 Å². The molecule has 0 aromatic carbocycles. The van der Waals surface area contributed by atoms with Crippen LogP contribution in [-0.4, -0.2) is 35.1 Å². The second kappa shape index (κ2) is 6.24. The van der Waals surface area contributed by atoms with Gasteiger partial charge in [0.25, 0.3) is 0 Å². The Morgan fingerprint density at radius 3 is 2.88 bits per heavy atom. The molecule has 0 bridgehead atoms. The molecule has 0 amide bonds. The van der Waals surface area contributed by atoms with Crippen LogP contribution in [0.1, 0.15) is 31.3 Å². The van der Waals surface area contributed by atoms with Crippen molar-refractivity contribution in [3.63, 3.8) is 0 Å². The fourth-order valence-corrected chi connectivity index (χ4v) is 1.42. The summed E-state index contributed by atoms with van der Waals surface area (Å²) in [7, 11) is 0. The predicted molar refractivity (Wildman–Crippen MR) is 63.7 cm³/mol. The van der Waals surface area contributed by atoms with Crippen LogP contribution < -0.4 is 5.73 Å². The van der Waals surface area contributed by atoms with Crippen LogP contribution in [0, 0.1) is 0 Å². The van der Waals surface area contributed by atoms with Gasteiger partial charge in [0.05, 0.1) is 18.5 Å². The SMILES string of the molecule is CCOCC(C)OC(=O)c1c(N)cnn1CC. The molecule has 6 heteroatoms. The Morgan fingerprint density at radius 1 is 1.59 bits per heavy atom. The number of esters is 1. The molecule has 0 spiro atoms. The quantitative estimate of drug-likeness (QED) is 0.753. The van der Waals surface area contributed by atoms with Crippen molar-refractivity contribution in [1.82, 2.24) is 9.78 Å². The number of ether oxygens (including phenoxy) is 2. The standard InChI is InChI=1S/C11H19N3O3/c1-4-14-10(9(12)6-13-14)11(15)17-8(3)7-16-5-2/h6,8H,4-5,7,12H2,1-3H3. The van der Waals surface area contributed by atoms with Crippen molar-refractivity contribution in [2.24, 2.45) is 0 Å². The minimum Gasteiger partial charge on any atom is -0.455 e. The van der Waals surface area contributed by atoms with Crippen molar-refractivity contribution in [1.29, 1.82) is 0 Å². The molecule has 17 heavy (non-hydrogen) atoms. The molecule has 0 saturated carbocycles. The highest BCUT2D eigenvalue weighted by atomic mass is 16.6. The van der Waals surface area contributed by atoms with Crippen LogP contribution in [0.4, 0.5) is 5.69 Å². The van der Waals surface area contributed by atoms with Gasteiger partial charge in [-0.3, -0.25) is 4.68 Å². The lowest BCUT2D eigenvalue weighted by molar-refractivity contribution is 0.00345. The maximum Gasteiger partial charge on any atom is 0.359 e. The highest BCUT2D eigenvalue weighted by Crippen LogP contribution is 2.13. The first-order chi connectivity index (χ1) is 8.10. The van der Waals surface area contributed by atoms with E-state index in [-0.39, 0.29) is 6.10 Å². The van der Waals surface area contributed by atoms with E-state index in [9.17, 15) is 4.79 Å². The Hall–Kier alpha value is -1.56. The average molecular weight is 241 g/mol. The van der Waals surface area contributed by atoms with Gasteiger partial charge in [-0.15, -0.1) is 0 Å². The summed E-state index contributed by atoms with van der Waals surface area (Å²) >= 11 is 0. The molecule has 0 aliphatic carbocycles. The molecule has 0 aliphatic rings. The number of carbonyl (C=O) groups excluding carboxylic acids is 1. The lowest BCUT2D eigenvalue weighted by Crippen LogP contribution is -2.23. The average Bonchev–Trinajstić information content (AvgIpc) is 2.67.